The average Bonchev–Trinajstić information content (AvgIpc) is 3.39. The number of para-hydroxylation sites is 1. The third-order valence-corrected chi connectivity index (χ3v) is 5.17. The van der Waals surface area contributed by atoms with Gasteiger partial charge in [-0.25, -0.2) is 0 Å². The fourth-order valence-electron chi connectivity index (χ4n) is 2.87. The molecule has 0 saturated heterocycles. The van der Waals surface area contributed by atoms with Crippen LogP contribution in [0.4, 0.5) is 0 Å². The molecule has 1 amide bonds. The van der Waals surface area contributed by atoms with Crippen molar-refractivity contribution in [3.8, 4) is 28.6 Å². The molecule has 0 bridgehead atoms. The zero-order chi connectivity index (χ0) is 20.1. The minimum Gasteiger partial charge on any atom is -0.454 e. The standard InChI is InChI=1S/C20H20N4O4S/c1-26-10-9-21-18(25)12-29-20-23-22-19(24(20)15-5-3-2-4-6-15)14-7-8-16-17(11-14)28-13-27-16/h2-8,11H,9-10,12-13H2,1H3,(H,21,25). The first-order valence-electron chi connectivity index (χ1n) is 9.05. The van der Waals surface area contributed by atoms with Crippen molar-refractivity contribution >= 4 is 17.7 Å². The van der Waals surface area contributed by atoms with Crippen LogP contribution < -0.4 is 14.8 Å². The van der Waals surface area contributed by atoms with E-state index in [9.17, 15) is 4.79 Å². The van der Waals surface area contributed by atoms with E-state index in [4.69, 9.17) is 14.2 Å². The van der Waals surface area contributed by atoms with E-state index in [1.165, 1.54) is 11.8 Å². The van der Waals surface area contributed by atoms with Gasteiger partial charge in [-0.3, -0.25) is 9.36 Å². The molecule has 0 atom stereocenters. The maximum Gasteiger partial charge on any atom is 0.231 e. The molecule has 0 radical (unpaired) electrons. The van der Waals surface area contributed by atoms with Gasteiger partial charge in [-0.2, -0.15) is 0 Å². The van der Waals surface area contributed by atoms with Gasteiger partial charge in [0, 0.05) is 24.9 Å². The van der Waals surface area contributed by atoms with E-state index in [1.54, 1.807) is 7.11 Å². The monoisotopic (exact) mass is 412 g/mol. The molecule has 3 aromatic rings. The molecule has 1 N–H and O–H groups in total. The second kappa shape index (κ2) is 8.97. The zero-order valence-electron chi connectivity index (χ0n) is 15.8. The van der Waals surface area contributed by atoms with Crippen LogP contribution in [0.2, 0.25) is 0 Å². The highest BCUT2D eigenvalue weighted by Gasteiger charge is 2.20. The van der Waals surface area contributed by atoms with Crippen LogP contribution >= 0.6 is 11.8 Å². The fourth-order valence-corrected chi connectivity index (χ4v) is 3.65. The Labute approximate surface area is 172 Å². The number of benzene rings is 2. The first kappa shape index (κ1) is 19.3. The van der Waals surface area contributed by atoms with Gasteiger partial charge in [0.1, 0.15) is 0 Å². The van der Waals surface area contributed by atoms with E-state index < -0.39 is 0 Å². The van der Waals surface area contributed by atoms with Crippen molar-refractivity contribution in [1.29, 1.82) is 0 Å². The highest BCUT2D eigenvalue weighted by Crippen LogP contribution is 2.36. The van der Waals surface area contributed by atoms with Crippen LogP contribution in [0.3, 0.4) is 0 Å². The maximum absolute atomic E-state index is 12.1. The number of aromatic nitrogens is 3. The normalized spacial score (nSPS) is 12.2. The van der Waals surface area contributed by atoms with Crippen molar-refractivity contribution in [2.75, 3.05) is 32.8 Å². The molecule has 9 heteroatoms. The summed E-state index contributed by atoms with van der Waals surface area (Å²) in [7, 11) is 1.60. The Balaban J connectivity index is 1.62. The predicted molar refractivity (Wildman–Crippen MR) is 109 cm³/mol. The number of nitrogens with one attached hydrogen (secondary N) is 1. The second-order valence-corrected chi connectivity index (χ2v) is 7.12. The molecule has 29 heavy (non-hydrogen) atoms. The van der Waals surface area contributed by atoms with Gasteiger partial charge in [-0.05, 0) is 30.3 Å². The number of fused-ring (bicyclic) bond motifs is 1. The minimum atomic E-state index is -0.0840. The summed E-state index contributed by atoms with van der Waals surface area (Å²) in [6.45, 7) is 1.16. The summed E-state index contributed by atoms with van der Waals surface area (Å²) in [5.41, 5.74) is 1.76. The molecule has 150 valence electrons. The summed E-state index contributed by atoms with van der Waals surface area (Å²) in [6, 6.07) is 15.5. The van der Waals surface area contributed by atoms with Crippen LogP contribution in [-0.2, 0) is 9.53 Å². The number of thioether (sulfide) groups is 1. The van der Waals surface area contributed by atoms with E-state index in [-0.39, 0.29) is 18.5 Å². The average molecular weight is 412 g/mol. The lowest BCUT2D eigenvalue weighted by atomic mass is 10.2. The molecule has 4 rings (SSSR count). The number of carbonyl (C=O) groups excluding carboxylic acids is 1. The summed E-state index contributed by atoms with van der Waals surface area (Å²) in [5, 5.41) is 12.2. The number of rotatable bonds is 8. The summed E-state index contributed by atoms with van der Waals surface area (Å²) < 4.78 is 17.8. The Morgan fingerprint density at radius 2 is 2.00 bits per heavy atom. The minimum absolute atomic E-state index is 0.0840. The molecule has 2 heterocycles. The molecule has 1 aromatic heterocycles. The summed E-state index contributed by atoms with van der Waals surface area (Å²) in [6.07, 6.45) is 0. The van der Waals surface area contributed by atoms with Gasteiger partial charge < -0.3 is 19.5 Å². The van der Waals surface area contributed by atoms with Crippen LogP contribution in [0.25, 0.3) is 17.1 Å². The quantitative estimate of drug-likeness (QED) is 0.449. The van der Waals surface area contributed by atoms with Crippen molar-refractivity contribution in [3.63, 3.8) is 0 Å². The van der Waals surface area contributed by atoms with E-state index in [0.717, 1.165) is 11.3 Å². The van der Waals surface area contributed by atoms with Gasteiger partial charge in [0.25, 0.3) is 0 Å². The van der Waals surface area contributed by atoms with Gasteiger partial charge in [0.2, 0.25) is 12.7 Å². The molecule has 0 saturated carbocycles. The van der Waals surface area contributed by atoms with E-state index in [2.05, 4.69) is 15.5 Å². The summed E-state index contributed by atoms with van der Waals surface area (Å²) >= 11 is 1.33. The SMILES string of the molecule is COCCNC(=O)CSc1nnc(-c2ccc3c(c2)OCO3)n1-c1ccccc1. The Kier molecular flexibility index (Phi) is 5.97. The molecule has 0 unspecified atom stereocenters. The fraction of sp³-hybridized carbons (Fsp3) is 0.250. The number of nitrogens with zero attached hydrogens (tertiary/aromatic N) is 3. The van der Waals surface area contributed by atoms with E-state index >= 15 is 0 Å². The van der Waals surface area contributed by atoms with Crippen LogP contribution in [0, 0.1) is 0 Å². The predicted octanol–water partition coefficient (Wildman–Crippen LogP) is 2.52. The van der Waals surface area contributed by atoms with Crippen molar-refractivity contribution < 1.29 is 19.0 Å². The number of amides is 1. The molecular weight excluding hydrogens is 392 g/mol. The molecule has 2 aromatic carbocycles. The summed E-state index contributed by atoms with van der Waals surface area (Å²) in [4.78, 5) is 12.1. The molecule has 0 spiro atoms. The lowest BCUT2D eigenvalue weighted by Gasteiger charge is -2.11. The van der Waals surface area contributed by atoms with Crippen molar-refractivity contribution in [1.82, 2.24) is 20.1 Å². The van der Waals surface area contributed by atoms with Gasteiger partial charge in [0.15, 0.2) is 22.5 Å². The lowest BCUT2D eigenvalue weighted by molar-refractivity contribution is -0.118. The van der Waals surface area contributed by atoms with E-state index in [1.807, 2.05) is 53.1 Å². The Bertz CT molecular complexity index is 993. The Morgan fingerprint density at radius 3 is 2.83 bits per heavy atom. The molecule has 8 nitrogen and oxygen atoms in total. The van der Waals surface area contributed by atoms with Crippen molar-refractivity contribution in [3.05, 3.63) is 48.5 Å². The number of hydrogen-bond donors (Lipinski definition) is 1. The first-order chi connectivity index (χ1) is 14.3. The first-order valence-corrected chi connectivity index (χ1v) is 10.0. The third-order valence-electron chi connectivity index (χ3n) is 4.24. The van der Waals surface area contributed by atoms with E-state index in [0.29, 0.717) is 35.6 Å². The highest BCUT2D eigenvalue weighted by molar-refractivity contribution is 7.99. The number of methoxy groups -OCH3 is 1. The second-order valence-electron chi connectivity index (χ2n) is 6.18. The summed E-state index contributed by atoms with van der Waals surface area (Å²) in [5.74, 6) is 2.20. The maximum atomic E-state index is 12.1. The highest BCUT2D eigenvalue weighted by atomic mass is 32.2. The largest absolute Gasteiger partial charge is 0.454 e. The van der Waals surface area contributed by atoms with Crippen LogP contribution in [0.15, 0.2) is 53.7 Å². The molecule has 0 fully saturated rings. The number of carbonyl (C=O) groups is 1. The van der Waals surface area contributed by atoms with Crippen LogP contribution in [0.1, 0.15) is 0 Å². The van der Waals surface area contributed by atoms with Crippen LogP contribution in [-0.4, -0.2) is 53.5 Å². The zero-order valence-corrected chi connectivity index (χ0v) is 16.6. The molecule has 0 aliphatic carbocycles. The van der Waals surface area contributed by atoms with Crippen LogP contribution in [0.5, 0.6) is 11.5 Å². The van der Waals surface area contributed by atoms with Gasteiger partial charge in [0.05, 0.1) is 12.4 Å². The van der Waals surface area contributed by atoms with Gasteiger partial charge in [-0.15, -0.1) is 10.2 Å². The number of hydrogen-bond acceptors (Lipinski definition) is 7. The number of ether oxygens (including phenoxy) is 3. The molecular formula is C20H20N4O4S. The third kappa shape index (κ3) is 4.36. The smallest absolute Gasteiger partial charge is 0.231 e. The van der Waals surface area contributed by atoms with Crippen molar-refractivity contribution in [2.45, 2.75) is 5.16 Å². The topological polar surface area (TPSA) is 87.5 Å². The lowest BCUT2D eigenvalue weighted by Crippen LogP contribution is -2.28. The Hall–Kier alpha value is -3.04. The molecule has 1 aliphatic rings. The van der Waals surface area contributed by atoms with Crippen molar-refractivity contribution in [2.24, 2.45) is 0 Å². The Morgan fingerprint density at radius 1 is 1.17 bits per heavy atom. The van der Waals surface area contributed by atoms with Gasteiger partial charge >= 0.3 is 0 Å². The molecule has 1 aliphatic heterocycles. The van der Waals surface area contributed by atoms with Gasteiger partial charge in [-0.1, -0.05) is 30.0 Å².